The van der Waals surface area contributed by atoms with Crippen molar-refractivity contribution >= 4 is 11.6 Å². The van der Waals surface area contributed by atoms with Crippen LogP contribution in [0.3, 0.4) is 0 Å². The number of anilines is 1. The van der Waals surface area contributed by atoms with E-state index >= 15 is 0 Å². The molecule has 3 rings (SSSR count). The van der Waals surface area contributed by atoms with Crippen molar-refractivity contribution in [3.05, 3.63) is 82.7 Å². The molecule has 1 aromatic heterocycles. The third-order valence-corrected chi connectivity index (χ3v) is 4.11. The van der Waals surface area contributed by atoms with Crippen LogP contribution < -0.4 is 10.9 Å². The van der Waals surface area contributed by atoms with Crippen molar-refractivity contribution in [2.75, 3.05) is 5.32 Å². The minimum Gasteiger partial charge on any atom is -0.324 e. The van der Waals surface area contributed by atoms with Crippen molar-refractivity contribution < 1.29 is 13.6 Å². The predicted molar refractivity (Wildman–Crippen MR) is 98.2 cm³/mol. The van der Waals surface area contributed by atoms with Crippen molar-refractivity contribution in [1.82, 2.24) is 9.78 Å². The number of hydrogen-bond donors (Lipinski definition) is 1. The molecule has 0 bridgehead atoms. The van der Waals surface area contributed by atoms with E-state index in [4.69, 9.17) is 0 Å². The molecule has 0 saturated carbocycles. The lowest BCUT2D eigenvalue weighted by atomic mass is 10.0. The van der Waals surface area contributed by atoms with E-state index in [-0.39, 0.29) is 11.5 Å². The standard InChI is InChI=1S/C20H17F2N3O2/c1-20(2,19(27)23-16-5-3-4-15(22)12-16)25-18(26)11-10-17(24-25)13-6-8-14(21)9-7-13/h3-12H,1-2H3,(H,23,27). The van der Waals surface area contributed by atoms with Gasteiger partial charge in [-0.25, -0.2) is 13.5 Å². The highest BCUT2D eigenvalue weighted by Gasteiger charge is 2.32. The summed E-state index contributed by atoms with van der Waals surface area (Å²) in [6.07, 6.45) is 0. The fourth-order valence-electron chi connectivity index (χ4n) is 2.53. The number of amides is 1. The number of nitrogens with zero attached hydrogens (tertiary/aromatic N) is 2. The predicted octanol–water partition coefficient (Wildman–Crippen LogP) is 3.56. The Labute approximate surface area is 154 Å². The molecule has 1 amide bonds. The summed E-state index contributed by atoms with van der Waals surface area (Å²) in [5.74, 6) is -1.40. The lowest BCUT2D eigenvalue weighted by Gasteiger charge is -2.25. The molecule has 138 valence electrons. The summed E-state index contributed by atoms with van der Waals surface area (Å²) in [4.78, 5) is 25.0. The summed E-state index contributed by atoms with van der Waals surface area (Å²) in [7, 11) is 0. The number of rotatable bonds is 4. The van der Waals surface area contributed by atoms with Gasteiger partial charge in [0, 0.05) is 17.3 Å². The van der Waals surface area contributed by atoms with Crippen molar-refractivity contribution in [1.29, 1.82) is 0 Å². The molecule has 7 heteroatoms. The number of aromatic nitrogens is 2. The lowest BCUT2D eigenvalue weighted by Crippen LogP contribution is -2.47. The summed E-state index contributed by atoms with van der Waals surface area (Å²) >= 11 is 0. The normalized spacial score (nSPS) is 11.3. The van der Waals surface area contributed by atoms with Crippen LogP contribution in [0.15, 0.2) is 65.5 Å². The molecule has 0 radical (unpaired) electrons. The molecule has 0 atom stereocenters. The number of halogens is 2. The zero-order valence-electron chi connectivity index (χ0n) is 14.7. The first kappa shape index (κ1) is 18.4. The van der Waals surface area contributed by atoms with Crippen LogP contribution in [0.25, 0.3) is 11.3 Å². The molecule has 0 aliphatic heterocycles. The molecule has 27 heavy (non-hydrogen) atoms. The van der Waals surface area contributed by atoms with Gasteiger partial charge in [-0.05, 0) is 62.4 Å². The second-order valence-corrected chi connectivity index (χ2v) is 6.50. The van der Waals surface area contributed by atoms with Crippen molar-refractivity contribution in [2.45, 2.75) is 19.4 Å². The van der Waals surface area contributed by atoms with Gasteiger partial charge in [0.15, 0.2) is 0 Å². The maximum absolute atomic E-state index is 13.3. The first-order chi connectivity index (χ1) is 12.8. The summed E-state index contributed by atoms with van der Waals surface area (Å²) < 4.78 is 27.5. The average Bonchev–Trinajstić information content (AvgIpc) is 2.62. The Bertz CT molecular complexity index is 1040. The Morgan fingerprint density at radius 1 is 1.00 bits per heavy atom. The molecule has 1 N–H and O–H groups in total. The molecule has 0 aliphatic carbocycles. The Hall–Kier alpha value is -3.35. The van der Waals surface area contributed by atoms with Gasteiger partial charge in [-0.3, -0.25) is 9.59 Å². The molecular weight excluding hydrogens is 352 g/mol. The zero-order valence-corrected chi connectivity index (χ0v) is 14.7. The van der Waals surface area contributed by atoms with E-state index in [1.807, 2.05) is 0 Å². The fourth-order valence-corrected chi connectivity index (χ4v) is 2.53. The third-order valence-electron chi connectivity index (χ3n) is 4.11. The van der Waals surface area contributed by atoms with Gasteiger partial charge < -0.3 is 5.32 Å². The van der Waals surface area contributed by atoms with E-state index < -0.39 is 22.8 Å². The molecule has 0 fully saturated rings. The lowest BCUT2D eigenvalue weighted by molar-refractivity contribution is -0.123. The topological polar surface area (TPSA) is 64.0 Å². The highest BCUT2D eigenvalue weighted by Crippen LogP contribution is 2.20. The van der Waals surface area contributed by atoms with E-state index in [2.05, 4.69) is 10.4 Å². The Morgan fingerprint density at radius 2 is 1.70 bits per heavy atom. The molecule has 0 saturated heterocycles. The van der Waals surface area contributed by atoms with Gasteiger partial charge in [0.1, 0.15) is 17.2 Å². The quantitative estimate of drug-likeness (QED) is 0.765. The second-order valence-electron chi connectivity index (χ2n) is 6.50. The summed E-state index contributed by atoms with van der Waals surface area (Å²) in [6.45, 7) is 3.06. The van der Waals surface area contributed by atoms with Crippen LogP contribution in [0.4, 0.5) is 14.5 Å². The Morgan fingerprint density at radius 3 is 2.37 bits per heavy atom. The van der Waals surface area contributed by atoms with Crippen LogP contribution in [0.5, 0.6) is 0 Å². The van der Waals surface area contributed by atoms with E-state index in [0.717, 1.165) is 4.68 Å². The van der Waals surface area contributed by atoms with Gasteiger partial charge >= 0.3 is 0 Å². The van der Waals surface area contributed by atoms with Gasteiger partial charge in [-0.15, -0.1) is 0 Å². The number of nitrogens with one attached hydrogen (secondary N) is 1. The van der Waals surface area contributed by atoms with Crippen LogP contribution in [-0.4, -0.2) is 15.7 Å². The van der Waals surface area contributed by atoms with Crippen molar-refractivity contribution in [3.63, 3.8) is 0 Å². The highest BCUT2D eigenvalue weighted by atomic mass is 19.1. The van der Waals surface area contributed by atoms with Gasteiger partial charge in [-0.1, -0.05) is 6.07 Å². The minimum absolute atomic E-state index is 0.274. The first-order valence-electron chi connectivity index (χ1n) is 8.21. The van der Waals surface area contributed by atoms with Gasteiger partial charge in [0.05, 0.1) is 5.69 Å². The van der Waals surface area contributed by atoms with Crippen molar-refractivity contribution in [2.24, 2.45) is 0 Å². The van der Waals surface area contributed by atoms with Crippen LogP contribution in [0, 0.1) is 11.6 Å². The van der Waals surface area contributed by atoms with Crippen LogP contribution >= 0.6 is 0 Å². The van der Waals surface area contributed by atoms with E-state index in [1.165, 1.54) is 68.4 Å². The number of benzene rings is 2. The summed E-state index contributed by atoms with van der Waals surface area (Å²) in [6, 6.07) is 13.9. The molecule has 2 aromatic carbocycles. The van der Waals surface area contributed by atoms with E-state index in [0.29, 0.717) is 11.3 Å². The fraction of sp³-hybridized carbons (Fsp3) is 0.150. The molecule has 0 spiro atoms. The maximum Gasteiger partial charge on any atom is 0.267 e. The monoisotopic (exact) mass is 369 g/mol. The van der Waals surface area contributed by atoms with Crippen LogP contribution in [0.1, 0.15) is 13.8 Å². The molecule has 5 nitrogen and oxygen atoms in total. The van der Waals surface area contributed by atoms with Crippen LogP contribution in [-0.2, 0) is 10.3 Å². The van der Waals surface area contributed by atoms with E-state index in [9.17, 15) is 18.4 Å². The van der Waals surface area contributed by atoms with Gasteiger partial charge in [0.2, 0.25) is 0 Å². The van der Waals surface area contributed by atoms with Crippen molar-refractivity contribution in [3.8, 4) is 11.3 Å². The van der Waals surface area contributed by atoms with Gasteiger partial charge in [0.25, 0.3) is 11.5 Å². The first-order valence-corrected chi connectivity index (χ1v) is 8.21. The zero-order chi connectivity index (χ0) is 19.6. The average molecular weight is 369 g/mol. The molecule has 3 aromatic rings. The Balaban J connectivity index is 1.95. The molecule has 0 unspecified atom stereocenters. The summed E-state index contributed by atoms with van der Waals surface area (Å²) in [5.41, 5.74) is -0.525. The second kappa shape index (κ2) is 7.11. The number of carbonyl (C=O) groups excluding carboxylic acids is 1. The SMILES string of the molecule is CC(C)(C(=O)Nc1cccc(F)c1)n1nc(-c2ccc(F)cc2)ccc1=O. The van der Waals surface area contributed by atoms with Gasteiger partial charge in [-0.2, -0.15) is 5.10 Å². The molecule has 1 heterocycles. The van der Waals surface area contributed by atoms with E-state index in [1.54, 1.807) is 6.07 Å². The third kappa shape index (κ3) is 3.92. The molecule has 0 aliphatic rings. The smallest absolute Gasteiger partial charge is 0.267 e. The maximum atomic E-state index is 13.3. The highest BCUT2D eigenvalue weighted by molar-refractivity contribution is 5.96. The molecular formula is C20H17F2N3O2. The number of carbonyl (C=O) groups is 1. The largest absolute Gasteiger partial charge is 0.324 e. The Kier molecular flexibility index (Phi) is 4.85. The van der Waals surface area contributed by atoms with Crippen LogP contribution in [0.2, 0.25) is 0 Å². The summed E-state index contributed by atoms with van der Waals surface area (Å²) in [5, 5.41) is 6.86. The minimum atomic E-state index is -1.35. The number of hydrogen-bond acceptors (Lipinski definition) is 3.